The number of urea groups is 1. The fourth-order valence-electron chi connectivity index (χ4n) is 3.45. The Kier molecular flexibility index (Phi) is 6.40. The lowest BCUT2D eigenvalue weighted by molar-refractivity contribution is -0.154. The first kappa shape index (κ1) is 20.7. The average Bonchev–Trinajstić information content (AvgIpc) is 2.87. The highest BCUT2D eigenvalue weighted by molar-refractivity contribution is 6.09. The monoisotopic (exact) mass is 382 g/mol. The summed E-state index contributed by atoms with van der Waals surface area (Å²) < 4.78 is 4.87. The average molecular weight is 382 g/mol. The van der Waals surface area contributed by atoms with Crippen LogP contribution in [-0.2, 0) is 23.9 Å². The van der Waals surface area contributed by atoms with Crippen LogP contribution in [0.25, 0.3) is 0 Å². The number of ether oxygens (including phenoxy) is 1. The van der Waals surface area contributed by atoms with Gasteiger partial charge < -0.3 is 20.3 Å². The lowest BCUT2D eigenvalue weighted by atomic mass is 9.73. The summed E-state index contributed by atoms with van der Waals surface area (Å²) in [5, 5.41) is 5.12. The molecule has 1 spiro atoms. The molecule has 2 fully saturated rings. The minimum atomic E-state index is -0.945. The van der Waals surface area contributed by atoms with Crippen LogP contribution in [0.2, 0.25) is 0 Å². The van der Waals surface area contributed by atoms with Crippen LogP contribution in [0.4, 0.5) is 4.79 Å². The molecule has 10 heteroatoms. The number of amides is 5. The summed E-state index contributed by atoms with van der Waals surface area (Å²) in [7, 11) is 2.84. The second-order valence-electron chi connectivity index (χ2n) is 7.02. The second kappa shape index (κ2) is 8.36. The summed E-state index contributed by atoms with van der Waals surface area (Å²) in [4.78, 5) is 62.0. The third kappa shape index (κ3) is 4.37. The number of esters is 1. The van der Waals surface area contributed by atoms with Crippen LogP contribution in [0.3, 0.4) is 0 Å². The Morgan fingerprint density at radius 1 is 1.33 bits per heavy atom. The van der Waals surface area contributed by atoms with Crippen molar-refractivity contribution in [2.24, 2.45) is 5.92 Å². The maximum Gasteiger partial charge on any atom is 0.326 e. The Hall–Kier alpha value is -2.65. The zero-order chi connectivity index (χ0) is 20.2. The second-order valence-corrected chi connectivity index (χ2v) is 7.02. The summed E-state index contributed by atoms with van der Waals surface area (Å²) in [6.45, 7) is 0.628. The van der Waals surface area contributed by atoms with Gasteiger partial charge in [-0.1, -0.05) is 19.8 Å². The standard InChI is InChI=1S/C17H26N4O6/c1-11-6-4-5-7-17(11)15(25)21(16(26)19-17)9-14(24)27-10-13(23)20(3)8-12(22)18-2/h11H,4-10H2,1-3H3,(H,18,22)(H,19,26)/t11-,17+/m0/s1. The Morgan fingerprint density at radius 3 is 2.67 bits per heavy atom. The highest BCUT2D eigenvalue weighted by Gasteiger charge is 2.55. The fourth-order valence-corrected chi connectivity index (χ4v) is 3.45. The molecule has 0 aromatic carbocycles. The minimum Gasteiger partial charge on any atom is -0.454 e. The number of imide groups is 1. The Labute approximate surface area is 157 Å². The Balaban J connectivity index is 1.88. The number of hydrogen-bond acceptors (Lipinski definition) is 6. The van der Waals surface area contributed by atoms with Gasteiger partial charge in [0.2, 0.25) is 5.91 Å². The molecule has 0 bridgehead atoms. The molecule has 2 aliphatic rings. The van der Waals surface area contributed by atoms with E-state index in [2.05, 4.69) is 10.6 Å². The van der Waals surface area contributed by atoms with Crippen LogP contribution in [-0.4, -0.2) is 78.9 Å². The van der Waals surface area contributed by atoms with Gasteiger partial charge in [0.1, 0.15) is 12.1 Å². The first-order chi connectivity index (χ1) is 12.7. The van der Waals surface area contributed by atoms with E-state index >= 15 is 0 Å². The van der Waals surface area contributed by atoms with Crippen molar-refractivity contribution in [3.63, 3.8) is 0 Å². The first-order valence-corrected chi connectivity index (χ1v) is 8.95. The quantitative estimate of drug-likeness (QED) is 0.459. The van der Waals surface area contributed by atoms with Crippen molar-refractivity contribution >= 4 is 29.7 Å². The van der Waals surface area contributed by atoms with Gasteiger partial charge in [-0.25, -0.2) is 4.79 Å². The van der Waals surface area contributed by atoms with E-state index in [1.807, 2.05) is 6.92 Å². The fraction of sp³-hybridized carbons (Fsp3) is 0.706. The molecule has 27 heavy (non-hydrogen) atoms. The predicted molar refractivity (Wildman–Crippen MR) is 93.3 cm³/mol. The van der Waals surface area contributed by atoms with E-state index in [1.54, 1.807) is 0 Å². The van der Waals surface area contributed by atoms with Crippen LogP contribution in [0.1, 0.15) is 32.6 Å². The molecular formula is C17H26N4O6. The maximum absolute atomic E-state index is 12.8. The van der Waals surface area contributed by atoms with E-state index in [0.717, 1.165) is 29.1 Å². The van der Waals surface area contributed by atoms with Crippen LogP contribution >= 0.6 is 0 Å². The molecule has 2 N–H and O–H groups in total. The van der Waals surface area contributed by atoms with Gasteiger partial charge in [-0.2, -0.15) is 0 Å². The van der Waals surface area contributed by atoms with Crippen molar-refractivity contribution < 1.29 is 28.7 Å². The van der Waals surface area contributed by atoms with Crippen molar-refractivity contribution in [3.8, 4) is 0 Å². The zero-order valence-corrected chi connectivity index (χ0v) is 15.9. The number of likely N-dealkylation sites (N-methyl/N-ethyl adjacent to an activating group) is 2. The van der Waals surface area contributed by atoms with Gasteiger partial charge in [-0.3, -0.25) is 24.1 Å². The van der Waals surface area contributed by atoms with Gasteiger partial charge in [0.15, 0.2) is 6.61 Å². The summed E-state index contributed by atoms with van der Waals surface area (Å²) in [6, 6.07) is -0.617. The van der Waals surface area contributed by atoms with Crippen molar-refractivity contribution in [1.29, 1.82) is 0 Å². The molecule has 1 aliphatic heterocycles. The molecule has 0 radical (unpaired) electrons. The maximum atomic E-state index is 12.8. The van der Waals surface area contributed by atoms with E-state index in [1.165, 1.54) is 14.1 Å². The number of hydrogen-bond donors (Lipinski definition) is 2. The van der Waals surface area contributed by atoms with Gasteiger partial charge in [0.05, 0.1) is 6.54 Å². The molecule has 2 atom stereocenters. The van der Waals surface area contributed by atoms with Gasteiger partial charge in [-0.05, 0) is 18.8 Å². The number of rotatable bonds is 6. The van der Waals surface area contributed by atoms with Gasteiger partial charge in [0.25, 0.3) is 11.8 Å². The van der Waals surface area contributed by atoms with Gasteiger partial charge in [-0.15, -0.1) is 0 Å². The first-order valence-electron chi connectivity index (χ1n) is 8.95. The Bertz CT molecular complexity index is 651. The van der Waals surface area contributed by atoms with E-state index in [0.29, 0.717) is 6.42 Å². The largest absolute Gasteiger partial charge is 0.454 e. The number of carbonyl (C=O) groups is 5. The highest BCUT2D eigenvalue weighted by Crippen LogP contribution is 2.38. The van der Waals surface area contributed by atoms with Gasteiger partial charge >= 0.3 is 12.0 Å². The number of nitrogens with zero attached hydrogens (tertiary/aromatic N) is 2. The minimum absolute atomic E-state index is 0.0105. The molecule has 150 valence electrons. The molecule has 0 unspecified atom stereocenters. The van der Waals surface area contributed by atoms with Crippen LogP contribution in [0, 0.1) is 5.92 Å². The third-order valence-corrected chi connectivity index (χ3v) is 5.23. The topological polar surface area (TPSA) is 125 Å². The molecule has 5 amide bonds. The molecule has 1 heterocycles. The zero-order valence-electron chi connectivity index (χ0n) is 15.9. The lowest BCUT2D eigenvalue weighted by Crippen LogP contribution is -2.54. The number of nitrogens with one attached hydrogen (secondary N) is 2. The smallest absolute Gasteiger partial charge is 0.326 e. The van der Waals surface area contributed by atoms with Crippen LogP contribution < -0.4 is 10.6 Å². The van der Waals surface area contributed by atoms with Crippen LogP contribution in [0.15, 0.2) is 0 Å². The number of carbonyl (C=O) groups excluding carboxylic acids is 5. The van der Waals surface area contributed by atoms with E-state index in [4.69, 9.17) is 4.74 Å². The van der Waals surface area contributed by atoms with Crippen molar-refractivity contribution in [2.75, 3.05) is 33.8 Å². The van der Waals surface area contributed by atoms with Crippen molar-refractivity contribution in [3.05, 3.63) is 0 Å². The molecule has 2 rings (SSSR count). The molecule has 1 saturated heterocycles. The summed E-state index contributed by atoms with van der Waals surface area (Å²) in [5.74, 6) is -2.21. The van der Waals surface area contributed by atoms with E-state index in [-0.39, 0.29) is 18.4 Å². The normalized spacial score (nSPS) is 24.6. The van der Waals surface area contributed by atoms with Crippen molar-refractivity contribution in [2.45, 2.75) is 38.1 Å². The van der Waals surface area contributed by atoms with Gasteiger partial charge in [0, 0.05) is 14.1 Å². The summed E-state index contributed by atoms with van der Waals surface area (Å²) in [6.07, 6.45) is 3.21. The highest BCUT2D eigenvalue weighted by atomic mass is 16.5. The summed E-state index contributed by atoms with van der Waals surface area (Å²) >= 11 is 0. The van der Waals surface area contributed by atoms with Crippen LogP contribution in [0.5, 0.6) is 0 Å². The molecular weight excluding hydrogens is 356 g/mol. The summed E-state index contributed by atoms with van der Waals surface area (Å²) in [5.41, 5.74) is -0.945. The Morgan fingerprint density at radius 2 is 2.04 bits per heavy atom. The molecule has 10 nitrogen and oxygen atoms in total. The molecule has 1 saturated carbocycles. The SMILES string of the molecule is CNC(=O)CN(C)C(=O)COC(=O)CN1C(=O)N[C@@]2(CCCC[C@@H]2C)C1=O. The van der Waals surface area contributed by atoms with E-state index in [9.17, 15) is 24.0 Å². The third-order valence-electron chi connectivity index (χ3n) is 5.23. The molecule has 0 aromatic heterocycles. The van der Waals surface area contributed by atoms with E-state index < -0.39 is 42.5 Å². The molecule has 0 aromatic rings. The lowest BCUT2D eigenvalue weighted by Gasteiger charge is -2.36. The predicted octanol–water partition coefficient (Wildman–Crippen LogP) is -0.765. The van der Waals surface area contributed by atoms with Crippen molar-refractivity contribution in [1.82, 2.24) is 20.4 Å². The molecule has 1 aliphatic carbocycles.